The Morgan fingerprint density at radius 3 is 2.84 bits per heavy atom. The highest BCUT2D eigenvalue weighted by Crippen LogP contribution is 2.28. The summed E-state index contributed by atoms with van der Waals surface area (Å²) < 4.78 is 16.9. The van der Waals surface area contributed by atoms with E-state index < -0.39 is 6.04 Å². The molecule has 25 heavy (non-hydrogen) atoms. The van der Waals surface area contributed by atoms with Gasteiger partial charge >= 0.3 is 0 Å². The molecule has 0 saturated carbocycles. The Hall–Kier alpha value is -3.03. The molecule has 0 fully saturated rings. The van der Waals surface area contributed by atoms with Crippen molar-refractivity contribution in [3.05, 3.63) is 53.7 Å². The fourth-order valence-corrected chi connectivity index (χ4v) is 3.16. The minimum Gasteiger partial charge on any atom is -0.329 e. The molecule has 0 bridgehead atoms. The smallest absolute Gasteiger partial charge is 0.246 e. The molecule has 0 unspecified atom stereocenters. The molecule has 0 radical (unpaired) electrons. The summed E-state index contributed by atoms with van der Waals surface area (Å²) in [6.07, 6.45) is 1.82. The second-order valence-electron chi connectivity index (χ2n) is 6.18. The van der Waals surface area contributed by atoms with Gasteiger partial charge in [0.2, 0.25) is 5.91 Å². The summed E-state index contributed by atoms with van der Waals surface area (Å²) >= 11 is 0. The average Bonchev–Trinajstić information content (AvgIpc) is 3.18. The molecule has 3 aromatic rings. The first-order chi connectivity index (χ1) is 12.0. The van der Waals surface area contributed by atoms with Gasteiger partial charge in [-0.25, -0.2) is 4.39 Å². The van der Waals surface area contributed by atoms with Gasteiger partial charge in [0.1, 0.15) is 17.6 Å². The van der Waals surface area contributed by atoms with Crippen molar-refractivity contribution in [3.63, 3.8) is 0 Å². The highest BCUT2D eigenvalue weighted by molar-refractivity contribution is 5.81. The number of rotatable bonds is 3. The van der Waals surface area contributed by atoms with Crippen LogP contribution in [0.1, 0.15) is 24.4 Å². The fraction of sp³-hybridized carbons (Fsp3) is 0.294. The van der Waals surface area contributed by atoms with Gasteiger partial charge < -0.3 is 4.90 Å². The van der Waals surface area contributed by atoms with Crippen LogP contribution in [0.3, 0.4) is 0 Å². The number of fused-ring (bicyclic) bond motifs is 1. The van der Waals surface area contributed by atoms with Crippen LogP contribution < -0.4 is 0 Å². The van der Waals surface area contributed by atoms with E-state index >= 15 is 0 Å². The summed E-state index contributed by atoms with van der Waals surface area (Å²) in [7, 11) is 1.83. The average molecular weight is 340 g/mol. The number of aryl methyl sites for hydroxylation is 1. The number of carbonyl (C=O) groups is 1. The van der Waals surface area contributed by atoms with Crippen LogP contribution in [0, 0.1) is 5.82 Å². The van der Waals surface area contributed by atoms with Crippen molar-refractivity contribution in [2.75, 3.05) is 0 Å². The summed E-state index contributed by atoms with van der Waals surface area (Å²) in [5.74, 6) is 0.926. The standard InChI is InChI=1S/C17H17FN6O/c1-11-17(25)23(9-12-4-3-5-13(18)8-12)10-15-19-20-16(24(11)15)14-6-7-22(2)21-14/h3-8,11H,9-10H2,1-2H3/t11-/m0/s1. The predicted octanol–water partition coefficient (Wildman–Crippen LogP) is 1.92. The van der Waals surface area contributed by atoms with Crippen LogP contribution in [-0.2, 0) is 24.9 Å². The summed E-state index contributed by atoms with van der Waals surface area (Å²) in [5, 5.41) is 12.8. The van der Waals surface area contributed by atoms with Crippen LogP contribution >= 0.6 is 0 Å². The third-order valence-corrected chi connectivity index (χ3v) is 4.36. The molecule has 7 nitrogen and oxygen atoms in total. The van der Waals surface area contributed by atoms with Gasteiger partial charge in [-0.1, -0.05) is 12.1 Å². The lowest BCUT2D eigenvalue weighted by molar-refractivity contribution is -0.137. The molecular weight excluding hydrogens is 323 g/mol. The SMILES string of the molecule is C[C@H]1C(=O)N(Cc2cccc(F)c2)Cc2nnc(-c3ccn(C)n3)n21. The molecule has 1 aliphatic heterocycles. The van der Waals surface area contributed by atoms with Crippen molar-refractivity contribution in [1.82, 2.24) is 29.4 Å². The van der Waals surface area contributed by atoms with Gasteiger partial charge in [0.25, 0.3) is 0 Å². The van der Waals surface area contributed by atoms with Crippen LogP contribution in [0.4, 0.5) is 4.39 Å². The minimum atomic E-state index is -0.440. The van der Waals surface area contributed by atoms with E-state index in [1.165, 1.54) is 12.1 Å². The van der Waals surface area contributed by atoms with E-state index in [9.17, 15) is 9.18 Å². The number of benzene rings is 1. The van der Waals surface area contributed by atoms with Crippen LogP contribution in [0.5, 0.6) is 0 Å². The molecule has 0 aliphatic carbocycles. The van der Waals surface area contributed by atoms with Gasteiger partial charge in [-0.2, -0.15) is 5.10 Å². The first-order valence-corrected chi connectivity index (χ1v) is 8.00. The van der Waals surface area contributed by atoms with Crippen molar-refractivity contribution < 1.29 is 9.18 Å². The Labute approximate surface area is 143 Å². The van der Waals surface area contributed by atoms with E-state index in [4.69, 9.17) is 0 Å². The number of nitrogens with zero attached hydrogens (tertiary/aromatic N) is 6. The fourth-order valence-electron chi connectivity index (χ4n) is 3.16. The van der Waals surface area contributed by atoms with Crippen LogP contribution in [-0.4, -0.2) is 35.4 Å². The third-order valence-electron chi connectivity index (χ3n) is 4.36. The summed E-state index contributed by atoms with van der Waals surface area (Å²) in [4.78, 5) is 14.5. The van der Waals surface area contributed by atoms with Crippen molar-refractivity contribution >= 4 is 5.91 Å². The van der Waals surface area contributed by atoms with Crippen LogP contribution in [0.25, 0.3) is 11.5 Å². The van der Waals surface area contributed by atoms with Gasteiger partial charge in [-0.3, -0.25) is 14.0 Å². The van der Waals surface area contributed by atoms with Crippen molar-refractivity contribution in [2.45, 2.75) is 26.1 Å². The monoisotopic (exact) mass is 340 g/mol. The highest BCUT2D eigenvalue weighted by atomic mass is 19.1. The molecule has 1 atom stereocenters. The third kappa shape index (κ3) is 2.69. The maximum absolute atomic E-state index is 13.4. The maximum Gasteiger partial charge on any atom is 0.246 e. The first kappa shape index (κ1) is 15.5. The summed E-state index contributed by atoms with van der Waals surface area (Å²) in [6, 6.07) is 7.68. The van der Waals surface area contributed by atoms with Gasteiger partial charge in [0.15, 0.2) is 11.6 Å². The van der Waals surface area contributed by atoms with Gasteiger partial charge in [-0.05, 0) is 30.7 Å². The molecule has 4 rings (SSSR count). The van der Waals surface area contributed by atoms with E-state index in [0.29, 0.717) is 30.4 Å². The maximum atomic E-state index is 13.4. The lowest BCUT2D eigenvalue weighted by Crippen LogP contribution is -2.41. The summed E-state index contributed by atoms with van der Waals surface area (Å²) in [5.41, 5.74) is 1.43. The number of carbonyl (C=O) groups excluding carboxylic acids is 1. The number of hydrogen-bond donors (Lipinski definition) is 0. The van der Waals surface area contributed by atoms with Gasteiger partial charge in [0.05, 0.1) is 6.54 Å². The number of hydrogen-bond acceptors (Lipinski definition) is 4. The molecule has 1 amide bonds. The molecule has 1 aromatic carbocycles. The molecular formula is C17H17FN6O. The summed E-state index contributed by atoms with van der Waals surface area (Å²) in [6.45, 7) is 2.49. The molecule has 3 heterocycles. The Morgan fingerprint density at radius 1 is 1.28 bits per heavy atom. The largest absolute Gasteiger partial charge is 0.329 e. The van der Waals surface area contributed by atoms with Gasteiger partial charge in [0, 0.05) is 19.8 Å². The van der Waals surface area contributed by atoms with E-state index in [0.717, 1.165) is 5.56 Å². The normalized spacial score (nSPS) is 17.0. The topological polar surface area (TPSA) is 68.8 Å². The predicted molar refractivity (Wildman–Crippen MR) is 87.6 cm³/mol. The molecule has 1 aliphatic rings. The molecule has 0 saturated heterocycles. The van der Waals surface area contributed by atoms with E-state index in [-0.39, 0.29) is 11.7 Å². The Balaban J connectivity index is 1.65. The Kier molecular flexibility index (Phi) is 3.60. The Bertz CT molecular complexity index is 946. The second-order valence-corrected chi connectivity index (χ2v) is 6.18. The Morgan fingerprint density at radius 2 is 2.12 bits per heavy atom. The quantitative estimate of drug-likeness (QED) is 0.730. The van der Waals surface area contributed by atoms with E-state index in [2.05, 4.69) is 15.3 Å². The van der Waals surface area contributed by atoms with Crippen molar-refractivity contribution in [3.8, 4) is 11.5 Å². The van der Waals surface area contributed by atoms with Crippen molar-refractivity contribution in [1.29, 1.82) is 0 Å². The minimum absolute atomic E-state index is 0.0475. The molecule has 8 heteroatoms. The number of amides is 1. The molecule has 128 valence electrons. The van der Waals surface area contributed by atoms with E-state index in [1.807, 2.05) is 30.8 Å². The zero-order valence-corrected chi connectivity index (χ0v) is 13.9. The van der Waals surface area contributed by atoms with Crippen LogP contribution in [0.2, 0.25) is 0 Å². The highest BCUT2D eigenvalue weighted by Gasteiger charge is 2.34. The lowest BCUT2D eigenvalue weighted by Gasteiger charge is -2.32. The lowest BCUT2D eigenvalue weighted by atomic mass is 10.1. The zero-order chi connectivity index (χ0) is 17.6. The zero-order valence-electron chi connectivity index (χ0n) is 13.9. The number of halogens is 1. The van der Waals surface area contributed by atoms with Crippen LogP contribution in [0.15, 0.2) is 36.5 Å². The van der Waals surface area contributed by atoms with Crippen molar-refractivity contribution in [2.24, 2.45) is 7.05 Å². The van der Waals surface area contributed by atoms with Gasteiger partial charge in [-0.15, -0.1) is 10.2 Å². The second kappa shape index (κ2) is 5.80. The molecule has 0 spiro atoms. The number of aromatic nitrogens is 5. The first-order valence-electron chi connectivity index (χ1n) is 8.00. The molecule has 0 N–H and O–H groups in total. The van der Waals surface area contributed by atoms with E-state index in [1.54, 1.807) is 21.7 Å². The molecule has 2 aromatic heterocycles.